The molecule has 0 radical (unpaired) electrons. The third kappa shape index (κ3) is 5.47. The number of benzene rings is 2. The number of hydrogen-bond acceptors (Lipinski definition) is 7. The monoisotopic (exact) mass is 471 g/mol. The van der Waals surface area contributed by atoms with Gasteiger partial charge in [-0.05, 0) is 63.1 Å². The van der Waals surface area contributed by atoms with Crippen LogP contribution < -0.4 is 16.0 Å². The molecule has 9 nitrogen and oxygen atoms in total. The average Bonchev–Trinajstić information content (AvgIpc) is 3.20. The summed E-state index contributed by atoms with van der Waals surface area (Å²) in [6.07, 6.45) is 1.48. The number of aromatic nitrogens is 4. The van der Waals surface area contributed by atoms with E-state index in [1.54, 1.807) is 49.8 Å². The van der Waals surface area contributed by atoms with Crippen molar-refractivity contribution in [3.05, 3.63) is 83.3 Å². The van der Waals surface area contributed by atoms with Crippen LogP contribution in [0.2, 0.25) is 0 Å². The molecule has 9 heteroatoms. The van der Waals surface area contributed by atoms with Crippen LogP contribution in [0.1, 0.15) is 41.0 Å². The normalized spacial score (nSPS) is 11.3. The van der Waals surface area contributed by atoms with Gasteiger partial charge in [0.1, 0.15) is 18.0 Å². The number of nitrogens with zero attached hydrogens (tertiary/aromatic N) is 4. The number of carbonyl (C=O) groups excluding carboxylic acids is 1. The van der Waals surface area contributed by atoms with Crippen molar-refractivity contribution in [2.24, 2.45) is 0 Å². The molecule has 2 heterocycles. The molecule has 1 amide bonds. The summed E-state index contributed by atoms with van der Waals surface area (Å²) in [5.74, 6) is 1.78. The lowest BCUT2D eigenvalue weighted by atomic mass is 9.96. The molecule has 35 heavy (non-hydrogen) atoms. The number of hydrogen-bond donors (Lipinski definition) is 4. The van der Waals surface area contributed by atoms with E-state index >= 15 is 0 Å². The Balaban J connectivity index is 1.59. The molecule has 0 saturated carbocycles. The number of nitrogens with one attached hydrogen (secondary N) is 3. The predicted molar refractivity (Wildman–Crippen MR) is 138 cm³/mol. The number of carbonyl (C=O) groups is 1. The van der Waals surface area contributed by atoms with Crippen LogP contribution in [0.5, 0.6) is 0 Å². The smallest absolute Gasteiger partial charge is 0.255 e. The highest BCUT2D eigenvalue weighted by atomic mass is 16.3. The van der Waals surface area contributed by atoms with E-state index in [9.17, 15) is 9.90 Å². The molecule has 4 N–H and O–H groups in total. The second kappa shape index (κ2) is 9.55. The van der Waals surface area contributed by atoms with Gasteiger partial charge < -0.3 is 21.1 Å². The SMILES string of the molecule is CNc1cc(-n2nc(C)cc2Nc2cc(NC(=O)c3cccc(C(C)(C)O)c3)ccc2C)ncn1. The van der Waals surface area contributed by atoms with Gasteiger partial charge in [-0.15, -0.1) is 0 Å². The highest BCUT2D eigenvalue weighted by Crippen LogP contribution is 2.27. The molecule has 0 aliphatic heterocycles. The van der Waals surface area contributed by atoms with E-state index in [0.29, 0.717) is 28.5 Å². The number of anilines is 4. The summed E-state index contributed by atoms with van der Waals surface area (Å²) in [5.41, 5.74) is 3.39. The Morgan fingerprint density at radius 2 is 1.83 bits per heavy atom. The van der Waals surface area contributed by atoms with E-state index in [1.165, 1.54) is 6.33 Å². The quantitative estimate of drug-likeness (QED) is 0.312. The van der Waals surface area contributed by atoms with E-state index in [0.717, 1.165) is 22.8 Å². The summed E-state index contributed by atoms with van der Waals surface area (Å²) < 4.78 is 1.71. The summed E-state index contributed by atoms with van der Waals surface area (Å²) >= 11 is 0. The zero-order valence-corrected chi connectivity index (χ0v) is 20.4. The van der Waals surface area contributed by atoms with Crippen LogP contribution in [-0.2, 0) is 5.60 Å². The minimum absolute atomic E-state index is 0.257. The Kier molecular flexibility index (Phi) is 6.52. The molecule has 0 atom stereocenters. The van der Waals surface area contributed by atoms with E-state index in [1.807, 2.05) is 44.2 Å². The fourth-order valence-corrected chi connectivity index (χ4v) is 3.58. The summed E-state index contributed by atoms with van der Waals surface area (Å²) in [6, 6.07) is 16.4. The van der Waals surface area contributed by atoms with Crippen molar-refractivity contribution in [1.82, 2.24) is 19.7 Å². The summed E-state index contributed by atoms with van der Waals surface area (Å²) in [6.45, 7) is 7.27. The minimum atomic E-state index is -1.03. The molecule has 0 saturated heterocycles. The van der Waals surface area contributed by atoms with Crippen LogP contribution in [0.25, 0.3) is 5.82 Å². The fourth-order valence-electron chi connectivity index (χ4n) is 3.58. The molecule has 0 unspecified atom stereocenters. The molecule has 0 bridgehead atoms. The molecular formula is C26H29N7O2. The summed E-state index contributed by atoms with van der Waals surface area (Å²) in [4.78, 5) is 21.4. The second-order valence-corrected chi connectivity index (χ2v) is 8.84. The van der Waals surface area contributed by atoms with Crippen molar-refractivity contribution in [2.75, 3.05) is 23.0 Å². The van der Waals surface area contributed by atoms with Crippen molar-refractivity contribution < 1.29 is 9.90 Å². The van der Waals surface area contributed by atoms with Crippen LogP contribution in [0.15, 0.2) is 60.9 Å². The Hall–Kier alpha value is -4.24. The van der Waals surface area contributed by atoms with Gasteiger partial charge in [-0.3, -0.25) is 4.79 Å². The standard InChI is InChI=1S/C26H29N7O2/c1-16-9-10-20(30-25(34)18-7-6-8-19(12-18)26(3,4)35)13-21(16)31-24-11-17(2)32-33(24)23-14-22(27-5)28-15-29-23/h6-15,31,35H,1-5H3,(H,30,34)(H,27,28,29). The fraction of sp³-hybridized carbons (Fsp3) is 0.231. The molecule has 4 rings (SSSR count). The summed E-state index contributed by atoms with van der Waals surface area (Å²) in [5, 5.41) is 24.2. The van der Waals surface area contributed by atoms with Gasteiger partial charge in [-0.1, -0.05) is 18.2 Å². The lowest BCUT2D eigenvalue weighted by molar-refractivity contribution is 0.0785. The first kappa shape index (κ1) is 23.9. The van der Waals surface area contributed by atoms with Crippen molar-refractivity contribution in [3.63, 3.8) is 0 Å². The number of rotatable bonds is 7. The maximum absolute atomic E-state index is 12.9. The zero-order chi connectivity index (χ0) is 25.2. The highest BCUT2D eigenvalue weighted by Gasteiger charge is 2.18. The molecule has 4 aromatic rings. The van der Waals surface area contributed by atoms with Gasteiger partial charge in [-0.2, -0.15) is 9.78 Å². The first-order valence-electron chi connectivity index (χ1n) is 11.2. The van der Waals surface area contributed by atoms with Crippen LogP contribution in [-0.4, -0.2) is 37.8 Å². The molecule has 0 fully saturated rings. The maximum Gasteiger partial charge on any atom is 0.255 e. The third-order valence-corrected chi connectivity index (χ3v) is 5.55. The topological polar surface area (TPSA) is 117 Å². The van der Waals surface area contributed by atoms with E-state index in [2.05, 4.69) is 31.0 Å². The van der Waals surface area contributed by atoms with Crippen molar-refractivity contribution in [1.29, 1.82) is 0 Å². The first-order valence-corrected chi connectivity index (χ1v) is 11.2. The third-order valence-electron chi connectivity index (χ3n) is 5.55. The number of aryl methyl sites for hydroxylation is 2. The van der Waals surface area contributed by atoms with Crippen LogP contribution in [0, 0.1) is 13.8 Å². The van der Waals surface area contributed by atoms with Gasteiger partial charge in [-0.25, -0.2) is 9.97 Å². The van der Waals surface area contributed by atoms with E-state index < -0.39 is 5.60 Å². The van der Waals surface area contributed by atoms with E-state index in [4.69, 9.17) is 0 Å². The molecule has 0 aliphatic carbocycles. The van der Waals surface area contributed by atoms with Gasteiger partial charge in [0, 0.05) is 36.1 Å². The second-order valence-electron chi connectivity index (χ2n) is 8.84. The molecular weight excluding hydrogens is 442 g/mol. The number of amides is 1. The first-order chi connectivity index (χ1) is 16.6. The van der Waals surface area contributed by atoms with Crippen LogP contribution in [0.4, 0.5) is 23.0 Å². The van der Waals surface area contributed by atoms with Gasteiger partial charge in [0.05, 0.1) is 11.3 Å². The highest BCUT2D eigenvalue weighted by molar-refractivity contribution is 6.04. The van der Waals surface area contributed by atoms with Gasteiger partial charge in [0.15, 0.2) is 5.82 Å². The molecule has 2 aromatic heterocycles. The summed E-state index contributed by atoms with van der Waals surface area (Å²) in [7, 11) is 1.80. The lowest BCUT2D eigenvalue weighted by Gasteiger charge is -2.18. The minimum Gasteiger partial charge on any atom is -0.386 e. The Labute approximate surface area is 204 Å². The Morgan fingerprint density at radius 3 is 2.57 bits per heavy atom. The van der Waals surface area contributed by atoms with Gasteiger partial charge in [0.25, 0.3) is 5.91 Å². The van der Waals surface area contributed by atoms with Crippen molar-refractivity contribution in [2.45, 2.75) is 33.3 Å². The Morgan fingerprint density at radius 1 is 1.03 bits per heavy atom. The predicted octanol–water partition coefficient (Wildman–Crippen LogP) is 4.54. The maximum atomic E-state index is 12.9. The van der Waals surface area contributed by atoms with Crippen molar-refractivity contribution >= 4 is 28.9 Å². The number of aliphatic hydroxyl groups is 1. The van der Waals surface area contributed by atoms with Gasteiger partial charge in [0.2, 0.25) is 0 Å². The zero-order valence-electron chi connectivity index (χ0n) is 20.4. The lowest BCUT2D eigenvalue weighted by Crippen LogP contribution is -2.18. The molecule has 2 aromatic carbocycles. The molecule has 0 aliphatic rings. The van der Waals surface area contributed by atoms with E-state index in [-0.39, 0.29) is 5.91 Å². The van der Waals surface area contributed by atoms with Crippen LogP contribution in [0.3, 0.4) is 0 Å². The largest absolute Gasteiger partial charge is 0.386 e. The molecule has 180 valence electrons. The average molecular weight is 472 g/mol. The van der Waals surface area contributed by atoms with Gasteiger partial charge >= 0.3 is 0 Å². The Bertz CT molecular complexity index is 1370. The van der Waals surface area contributed by atoms with Crippen LogP contribution >= 0.6 is 0 Å². The van der Waals surface area contributed by atoms with Crippen molar-refractivity contribution in [3.8, 4) is 5.82 Å². The molecule has 0 spiro atoms.